The first-order valence-corrected chi connectivity index (χ1v) is 51.3. The number of unbranched alkanes of at least 4 members (excludes halogenated alkanes) is 35. The number of allylic oxidation sites excluding steroid dienone is 5. The van der Waals surface area contributed by atoms with Gasteiger partial charge >= 0.3 is 46.7 Å². The SMILES string of the molecule is CCCCCC(OC(=O)Br)C(O)C/C=C\CCCCCCCC(=O)OCOC(=O)CCCCCCC/C=C\CC(O)C(CCCCC)OC(=O)CBr.CCCCC[C@@H]1O[C@@H]1C/C=C\CCCCCCCC(=O)OCOC(=O)CCCCCCC/C=C\C[C@@H]1O[C@@H]1CCCCC.CCCCC[C@H]1O[C@H]1C/C=C\CCCCCCCC(=O)O.O=C(O)CBr.OCO. The van der Waals surface area contributed by atoms with Crippen LogP contribution in [0.4, 0.5) is 4.79 Å². The number of halogens is 3. The Morgan fingerprint density at radius 2 is 0.573 bits per heavy atom. The van der Waals surface area contributed by atoms with Crippen LogP contribution >= 0.6 is 47.8 Å². The molecule has 3 aliphatic heterocycles. The van der Waals surface area contributed by atoms with E-state index in [4.69, 9.17) is 63.1 Å². The van der Waals surface area contributed by atoms with E-state index in [1.54, 1.807) is 0 Å². The molecule has 0 aromatic rings. The fraction of sp³-hybridized carbons (Fsp3) is 0.816. The molecule has 124 heavy (non-hydrogen) atoms. The number of alkyl halides is 2. The summed E-state index contributed by atoms with van der Waals surface area (Å²) in [5, 5.41) is 51.5. The summed E-state index contributed by atoms with van der Waals surface area (Å²) in [5.41, 5.74) is 0. The molecule has 10 atom stereocenters. The molecule has 0 aromatic heterocycles. The number of hydrogen-bond donors (Lipinski definition) is 6. The Balaban J connectivity index is 0. The molecular weight excluding hydrogens is 1780 g/mol. The molecular formula is C98H171Br3O23. The third-order valence-corrected chi connectivity index (χ3v) is 22.6. The van der Waals surface area contributed by atoms with Crippen molar-refractivity contribution in [2.24, 2.45) is 0 Å². The van der Waals surface area contributed by atoms with E-state index in [-0.39, 0.29) is 54.1 Å². The summed E-state index contributed by atoms with van der Waals surface area (Å²) in [6, 6.07) is 0. The van der Waals surface area contributed by atoms with Crippen LogP contribution in [0.5, 0.6) is 0 Å². The molecule has 0 amide bonds. The van der Waals surface area contributed by atoms with Crippen LogP contribution in [0.3, 0.4) is 0 Å². The number of carbonyl (C=O) groups excluding carboxylic acids is 6. The first-order chi connectivity index (χ1) is 60.2. The lowest BCUT2D eigenvalue weighted by atomic mass is 10.0. The van der Waals surface area contributed by atoms with E-state index in [2.05, 4.69) is 131 Å². The molecule has 0 aliphatic carbocycles. The number of aliphatic hydroxyl groups is 4. The van der Waals surface area contributed by atoms with E-state index < -0.39 is 48.0 Å². The molecule has 0 bridgehead atoms. The number of carboxylic acid groups (broad SMARTS) is 2. The number of epoxide rings is 3. The van der Waals surface area contributed by atoms with Gasteiger partial charge in [-0.1, -0.05) is 307 Å². The number of carbonyl (C=O) groups is 8. The van der Waals surface area contributed by atoms with Crippen LogP contribution < -0.4 is 0 Å². The zero-order valence-electron chi connectivity index (χ0n) is 77.3. The van der Waals surface area contributed by atoms with Gasteiger partial charge in [0.15, 0.2) is 0 Å². The van der Waals surface area contributed by atoms with Gasteiger partial charge in [-0.05, 0) is 173 Å². The molecule has 23 nitrogen and oxygen atoms in total. The molecule has 722 valence electrons. The van der Waals surface area contributed by atoms with Crippen molar-refractivity contribution in [2.45, 2.75) is 481 Å². The van der Waals surface area contributed by atoms with Gasteiger partial charge in [0, 0.05) is 48.0 Å². The lowest BCUT2D eigenvalue weighted by molar-refractivity contribution is -0.169. The highest BCUT2D eigenvalue weighted by Gasteiger charge is 2.38. The molecule has 26 heteroatoms. The van der Waals surface area contributed by atoms with Gasteiger partial charge in [-0.3, -0.25) is 33.6 Å². The Morgan fingerprint density at radius 3 is 0.839 bits per heavy atom. The average Bonchev–Trinajstić information content (AvgIpc) is 1.72. The van der Waals surface area contributed by atoms with Gasteiger partial charge < -0.3 is 73.3 Å². The number of esters is 5. The normalized spacial score (nSPS) is 17.1. The summed E-state index contributed by atoms with van der Waals surface area (Å²) >= 11 is 8.61. The summed E-state index contributed by atoms with van der Waals surface area (Å²) in [6.45, 7) is 9.59. The van der Waals surface area contributed by atoms with Gasteiger partial charge in [0.2, 0.25) is 13.6 Å². The van der Waals surface area contributed by atoms with E-state index in [1.807, 2.05) is 12.2 Å². The van der Waals surface area contributed by atoms with Crippen LogP contribution in [0.15, 0.2) is 60.8 Å². The molecule has 6 N–H and O–H groups in total. The van der Waals surface area contributed by atoms with Gasteiger partial charge in [-0.25, -0.2) is 4.79 Å². The summed E-state index contributed by atoms with van der Waals surface area (Å²) < 4.78 is 48.0. The Kier molecular flexibility index (Phi) is 90.2. The number of carboxylic acids is 2. The minimum atomic E-state index is -0.829. The van der Waals surface area contributed by atoms with Crippen molar-refractivity contribution in [3.8, 4) is 0 Å². The van der Waals surface area contributed by atoms with Gasteiger partial charge in [-0.15, -0.1) is 0 Å². The highest BCUT2D eigenvalue weighted by molar-refractivity contribution is 9.18. The summed E-state index contributed by atoms with van der Waals surface area (Å²) in [6.07, 6.45) is 81.7. The summed E-state index contributed by atoms with van der Waals surface area (Å²) in [4.78, 5) is 89.7. The predicted molar refractivity (Wildman–Crippen MR) is 504 cm³/mol. The highest BCUT2D eigenvalue weighted by atomic mass is 79.9. The van der Waals surface area contributed by atoms with E-state index in [9.17, 15) is 48.6 Å². The van der Waals surface area contributed by atoms with Gasteiger partial charge in [0.05, 0.1) is 48.8 Å². The molecule has 3 fully saturated rings. The van der Waals surface area contributed by atoms with Crippen LogP contribution in [0.1, 0.15) is 420 Å². The van der Waals surface area contributed by atoms with Crippen LogP contribution in [0, 0.1) is 0 Å². The fourth-order valence-corrected chi connectivity index (χ4v) is 14.2. The first kappa shape index (κ1) is 122. The van der Waals surface area contributed by atoms with E-state index in [0.717, 1.165) is 212 Å². The Labute approximate surface area is 773 Å². The largest absolute Gasteiger partial charge is 0.481 e. The molecule has 4 unspecified atom stereocenters. The maximum atomic E-state index is 12.0. The van der Waals surface area contributed by atoms with Crippen molar-refractivity contribution in [1.29, 1.82) is 0 Å². The van der Waals surface area contributed by atoms with Crippen LogP contribution in [0.25, 0.3) is 0 Å². The lowest BCUT2D eigenvalue weighted by Gasteiger charge is -2.22. The molecule has 3 saturated heterocycles. The van der Waals surface area contributed by atoms with Gasteiger partial charge in [0.25, 0.3) is 0 Å². The number of rotatable bonds is 80. The summed E-state index contributed by atoms with van der Waals surface area (Å²) in [5.74, 6) is -3.14. The van der Waals surface area contributed by atoms with Crippen LogP contribution in [-0.4, -0.2) is 169 Å². The zero-order chi connectivity index (χ0) is 91.8. The predicted octanol–water partition coefficient (Wildman–Crippen LogP) is 25.0. The molecule has 0 saturated carbocycles. The molecule has 3 heterocycles. The number of ether oxygens (including phenoxy) is 9. The van der Waals surface area contributed by atoms with Crippen LogP contribution in [0.2, 0.25) is 0 Å². The maximum absolute atomic E-state index is 12.0. The molecule has 0 spiro atoms. The molecule has 3 rings (SSSR count). The molecule has 0 radical (unpaired) electrons. The van der Waals surface area contributed by atoms with Crippen molar-refractivity contribution >= 4 is 94.5 Å². The standard InChI is InChI=1S/C40H68Br2O10.C37H64O6.C18H32O3.C2H3BrO2.CH4O2/c1-3-5-19-27-35(51-39(47)31-41)33(43)25-21-15-11-7-9-13-17-23-29-37(45)49-32-50-38(46)30-24-18-14-10-8-12-16-22-26-34(44)36(52-40(42)48)28-20-6-4-2;1-3-5-19-25-32-34(42-32)27-21-15-11-7-9-13-17-23-29-36(38)40-31-41-37(39)30-24-18-14-10-8-12-16-22-28-35-33(43-35)26-20-6-4-2;1-2-3-10-13-16-17(21-16)14-11-8-6-4-5-7-9-12-15-18(19)20;3-1-2(4)5;2-1-3/h15-16,21-22,33-36,43-44H,3-14,17-20,23-32H2,1-2H3;15-16,21-22,32-35H,3-14,17-20,23-31H2,1-2H3;8,11,16-17H,2-7,9-10,12-15H2,1H3,(H,19,20);1H2,(H,4,5);2-3H,1H2/b2*21-15-,22-16-;11-8-;;/t;32-,33+,34+,35-;16-,17+;;/m..1../s1. The number of aliphatic carboxylic acids is 2. The minimum absolute atomic E-state index is 0.0347. The molecule has 0 aromatic carbocycles. The summed E-state index contributed by atoms with van der Waals surface area (Å²) in [7, 11) is 0. The third-order valence-electron chi connectivity index (χ3n) is 21.5. The quantitative estimate of drug-likeness (QED) is 0.00481. The average molecular weight is 1960 g/mol. The Morgan fingerprint density at radius 1 is 0.315 bits per heavy atom. The Hall–Kier alpha value is -4.38. The van der Waals surface area contributed by atoms with Crippen LogP contribution in [-0.2, 0) is 76.2 Å². The fourth-order valence-electron chi connectivity index (χ4n) is 13.9. The van der Waals surface area contributed by atoms with Crippen molar-refractivity contribution < 1.29 is 112 Å². The topological polar surface area (TPSA) is 351 Å². The maximum Gasteiger partial charge on any atom is 0.374 e. The lowest BCUT2D eigenvalue weighted by Crippen LogP contribution is -2.31. The zero-order valence-corrected chi connectivity index (χ0v) is 82.0. The monoisotopic (exact) mass is 1950 g/mol. The smallest absolute Gasteiger partial charge is 0.374 e. The van der Waals surface area contributed by atoms with Crippen molar-refractivity contribution in [1.82, 2.24) is 0 Å². The van der Waals surface area contributed by atoms with Gasteiger partial charge in [-0.2, -0.15) is 0 Å². The minimum Gasteiger partial charge on any atom is -0.481 e. The second-order valence-corrected chi connectivity index (χ2v) is 34.5. The van der Waals surface area contributed by atoms with E-state index in [0.29, 0.717) is 94.4 Å². The first-order valence-electron chi connectivity index (χ1n) is 48.2. The van der Waals surface area contributed by atoms with Crippen molar-refractivity contribution in [3.63, 3.8) is 0 Å². The molecule has 3 aliphatic rings. The Bertz CT molecular complexity index is 2630. The third kappa shape index (κ3) is 87.0. The second-order valence-electron chi connectivity index (χ2n) is 32.7. The van der Waals surface area contributed by atoms with Gasteiger partial charge in [0.1, 0.15) is 29.7 Å². The highest BCUT2D eigenvalue weighted by Crippen LogP contribution is 2.33. The number of aliphatic hydroxyl groups excluding tert-OH is 3. The van der Waals surface area contributed by atoms with E-state index in [1.165, 1.54) is 116 Å². The van der Waals surface area contributed by atoms with E-state index >= 15 is 0 Å². The number of hydrogen-bond acceptors (Lipinski definition) is 21. The second kappa shape index (κ2) is 91.9. The van der Waals surface area contributed by atoms with Crippen molar-refractivity contribution in [3.05, 3.63) is 60.8 Å². The van der Waals surface area contributed by atoms with Crippen molar-refractivity contribution in [2.75, 3.05) is 31.0 Å².